The van der Waals surface area contributed by atoms with Crippen molar-refractivity contribution in [3.63, 3.8) is 0 Å². The Labute approximate surface area is 159 Å². The van der Waals surface area contributed by atoms with Gasteiger partial charge in [-0.25, -0.2) is 9.37 Å². The van der Waals surface area contributed by atoms with Crippen LogP contribution in [-0.4, -0.2) is 32.2 Å². The second-order valence-corrected chi connectivity index (χ2v) is 7.06. The third-order valence-electron chi connectivity index (χ3n) is 4.60. The van der Waals surface area contributed by atoms with Crippen LogP contribution in [0.2, 0.25) is 0 Å². The summed E-state index contributed by atoms with van der Waals surface area (Å²) in [5.74, 6) is -0.478. The fourth-order valence-corrected chi connectivity index (χ4v) is 3.76. The molecule has 0 radical (unpaired) electrons. The van der Waals surface area contributed by atoms with E-state index in [1.54, 1.807) is 52.3 Å². The predicted octanol–water partition coefficient (Wildman–Crippen LogP) is 4.43. The van der Waals surface area contributed by atoms with Gasteiger partial charge in [0.25, 0.3) is 5.91 Å². The Kier molecular flexibility index (Phi) is 4.45. The van der Waals surface area contributed by atoms with Crippen LogP contribution in [0.25, 0.3) is 16.2 Å². The van der Waals surface area contributed by atoms with Crippen molar-refractivity contribution in [2.45, 2.75) is 13.0 Å². The lowest BCUT2D eigenvalue weighted by atomic mass is 10.1. The third kappa shape index (κ3) is 3.10. The molecule has 0 N–H and O–H groups in total. The van der Waals surface area contributed by atoms with Gasteiger partial charge in [0.1, 0.15) is 11.5 Å². The number of carbonyl (C=O) groups is 1. The predicted molar refractivity (Wildman–Crippen MR) is 103 cm³/mol. The van der Waals surface area contributed by atoms with Gasteiger partial charge >= 0.3 is 0 Å². The normalized spacial score (nSPS) is 12.3. The number of aromatic nitrogens is 3. The monoisotopic (exact) mass is 380 g/mol. The van der Waals surface area contributed by atoms with Gasteiger partial charge in [0.05, 0.1) is 17.4 Å². The molecule has 0 aliphatic heterocycles. The molecule has 0 unspecified atom stereocenters. The molecule has 4 rings (SSSR count). The van der Waals surface area contributed by atoms with E-state index in [2.05, 4.69) is 9.97 Å². The number of amides is 1. The van der Waals surface area contributed by atoms with Crippen molar-refractivity contribution < 1.29 is 9.18 Å². The maximum absolute atomic E-state index is 14.1. The number of rotatable bonds is 4. The molecule has 0 bridgehead atoms. The lowest BCUT2D eigenvalue weighted by Crippen LogP contribution is -2.30. The molecule has 1 atom stereocenters. The van der Waals surface area contributed by atoms with Gasteiger partial charge in [0.2, 0.25) is 0 Å². The first-order valence-electron chi connectivity index (χ1n) is 8.46. The molecule has 1 aromatic carbocycles. The van der Waals surface area contributed by atoms with Crippen LogP contribution in [0, 0.1) is 5.82 Å². The van der Waals surface area contributed by atoms with Crippen molar-refractivity contribution in [2.75, 3.05) is 7.05 Å². The molecule has 5 nitrogen and oxygen atoms in total. The summed E-state index contributed by atoms with van der Waals surface area (Å²) in [4.78, 5) is 24.1. The van der Waals surface area contributed by atoms with Crippen LogP contribution in [0.15, 0.2) is 60.2 Å². The van der Waals surface area contributed by atoms with Gasteiger partial charge in [0.15, 0.2) is 4.96 Å². The Bertz CT molecular complexity index is 1110. The highest BCUT2D eigenvalue weighted by molar-refractivity contribution is 7.15. The third-order valence-corrected chi connectivity index (χ3v) is 5.44. The highest BCUT2D eigenvalue weighted by Crippen LogP contribution is 2.27. The number of fused-ring (bicyclic) bond motifs is 1. The van der Waals surface area contributed by atoms with Crippen molar-refractivity contribution >= 4 is 22.2 Å². The van der Waals surface area contributed by atoms with Crippen molar-refractivity contribution in [1.29, 1.82) is 0 Å². The van der Waals surface area contributed by atoms with Crippen LogP contribution in [0.3, 0.4) is 0 Å². The number of halogens is 1. The largest absolute Gasteiger partial charge is 0.332 e. The Hall–Kier alpha value is -3.06. The summed E-state index contributed by atoms with van der Waals surface area (Å²) in [5.41, 5.74) is 2.24. The van der Waals surface area contributed by atoms with Crippen LogP contribution in [0.5, 0.6) is 0 Å². The molecule has 3 aromatic heterocycles. The number of carbonyl (C=O) groups excluding carboxylic acids is 1. The lowest BCUT2D eigenvalue weighted by Gasteiger charge is -2.24. The molecular weight excluding hydrogens is 363 g/mol. The summed E-state index contributed by atoms with van der Waals surface area (Å²) in [7, 11) is 1.75. The molecule has 0 aliphatic rings. The molecule has 3 heterocycles. The van der Waals surface area contributed by atoms with Crippen LogP contribution < -0.4 is 0 Å². The van der Waals surface area contributed by atoms with E-state index in [0.29, 0.717) is 21.9 Å². The summed E-state index contributed by atoms with van der Waals surface area (Å²) in [6, 6.07) is 11.9. The minimum absolute atomic E-state index is 0.142. The molecule has 7 heteroatoms. The smallest absolute Gasteiger partial charge is 0.272 e. The highest BCUT2D eigenvalue weighted by Gasteiger charge is 2.23. The van der Waals surface area contributed by atoms with Crippen LogP contribution in [0.1, 0.15) is 29.1 Å². The minimum atomic E-state index is -0.336. The van der Waals surface area contributed by atoms with Crippen molar-refractivity contribution in [2.24, 2.45) is 0 Å². The van der Waals surface area contributed by atoms with Gasteiger partial charge in [-0.15, -0.1) is 11.3 Å². The van der Waals surface area contributed by atoms with Gasteiger partial charge in [-0.3, -0.25) is 14.2 Å². The number of hydrogen-bond donors (Lipinski definition) is 0. The molecule has 0 aliphatic carbocycles. The zero-order valence-corrected chi connectivity index (χ0v) is 15.7. The standard InChI is InChI=1S/C20H17FN4OS/c1-13(16-9-5-6-10-22-16)24(2)19(26)18-12-27-20-23-17(11-25(18)20)14-7-3-4-8-15(14)21/h3-13H,1-2H3/t13-/m1/s1. The number of benzene rings is 1. The van der Waals surface area contributed by atoms with E-state index in [4.69, 9.17) is 0 Å². The Morgan fingerprint density at radius 1 is 1.22 bits per heavy atom. The molecule has 0 spiro atoms. The van der Waals surface area contributed by atoms with Crippen LogP contribution in [-0.2, 0) is 0 Å². The maximum atomic E-state index is 14.1. The van der Waals surface area contributed by atoms with Gasteiger partial charge in [0, 0.05) is 30.4 Å². The van der Waals surface area contributed by atoms with E-state index >= 15 is 0 Å². The number of hydrogen-bond acceptors (Lipinski definition) is 4. The van der Waals surface area contributed by atoms with Crippen molar-refractivity contribution in [3.8, 4) is 11.3 Å². The van der Waals surface area contributed by atoms with Gasteiger partial charge in [-0.05, 0) is 31.2 Å². The summed E-state index contributed by atoms with van der Waals surface area (Å²) >= 11 is 1.35. The zero-order valence-electron chi connectivity index (χ0n) is 14.8. The van der Waals surface area contributed by atoms with E-state index in [9.17, 15) is 9.18 Å². The van der Waals surface area contributed by atoms with Gasteiger partial charge in [-0.1, -0.05) is 18.2 Å². The molecule has 0 fully saturated rings. The number of pyridine rings is 1. The van der Waals surface area contributed by atoms with E-state index in [1.807, 2.05) is 25.1 Å². The molecule has 0 saturated heterocycles. The van der Waals surface area contributed by atoms with Crippen LogP contribution >= 0.6 is 11.3 Å². The average molecular weight is 380 g/mol. The number of imidazole rings is 1. The van der Waals surface area contributed by atoms with Crippen LogP contribution in [0.4, 0.5) is 4.39 Å². The summed E-state index contributed by atoms with van der Waals surface area (Å²) in [6.45, 7) is 1.93. The molecule has 136 valence electrons. The first kappa shape index (κ1) is 17.4. The SMILES string of the molecule is C[C@H](c1ccccn1)N(C)C(=O)c1csc2nc(-c3ccccc3F)cn12. The lowest BCUT2D eigenvalue weighted by molar-refractivity contribution is 0.0733. The van der Waals surface area contributed by atoms with Gasteiger partial charge < -0.3 is 4.90 Å². The topological polar surface area (TPSA) is 50.5 Å². The second-order valence-electron chi connectivity index (χ2n) is 6.23. The molecular formula is C20H17FN4OS. The highest BCUT2D eigenvalue weighted by atomic mass is 32.1. The quantitative estimate of drug-likeness (QED) is 0.526. The first-order chi connectivity index (χ1) is 13.1. The first-order valence-corrected chi connectivity index (χ1v) is 9.34. The van der Waals surface area contributed by atoms with E-state index in [0.717, 1.165) is 5.69 Å². The average Bonchev–Trinajstić information content (AvgIpc) is 3.28. The summed E-state index contributed by atoms with van der Waals surface area (Å²) < 4.78 is 15.8. The fourth-order valence-electron chi connectivity index (χ4n) is 2.91. The molecule has 27 heavy (non-hydrogen) atoms. The van der Waals surface area contributed by atoms with E-state index in [-0.39, 0.29) is 17.8 Å². The summed E-state index contributed by atoms with van der Waals surface area (Å²) in [5, 5.41) is 1.78. The molecule has 4 aromatic rings. The maximum Gasteiger partial charge on any atom is 0.272 e. The number of nitrogens with zero attached hydrogens (tertiary/aromatic N) is 4. The number of thiazole rings is 1. The van der Waals surface area contributed by atoms with Crippen molar-refractivity contribution in [1.82, 2.24) is 19.3 Å². The minimum Gasteiger partial charge on any atom is -0.332 e. The zero-order chi connectivity index (χ0) is 19.0. The Morgan fingerprint density at radius 2 is 2.00 bits per heavy atom. The van der Waals surface area contributed by atoms with E-state index < -0.39 is 0 Å². The second kappa shape index (κ2) is 6.92. The molecule has 0 saturated carbocycles. The fraction of sp³-hybridized carbons (Fsp3) is 0.150. The Balaban J connectivity index is 1.67. The van der Waals surface area contributed by atoms with Gasteiger partial charge in [-0.2, -0.15) is 0 Å². The van der Waals surface area contributed by atoms with E-state index in [1.165, 1.54) is 17.4 Å². The molecule has 1 amide bonds. The van der Waals surface area contributed by atoms with Crippen molar-refractivity contribution in [3.05, 3.63) is 77.4 Å². The Morgan fingerprint density at radius 3 is 2.74 bits per heavy atom. The summed E-state index contributed by atoms with van der Waals surface area (Å²) in [6.07, 6.45) is 3.42.